The zero-order valence-corrected chi connectivity index (χ0v) is 17.1. The Morgan fingerprint density at radius 2 is 1.90 bits per heavy atom. The number of alkyl carbamates (subject to hydrolysis) is 1. The van der Waals surface area contributed by atoms with E-state index < -0.39 is 11.7 Å². The number of rotatable bonds is 7. The zero-order chi connectivity index (χ0) is 20.9. The first-order valence-corrected chi connectivity index (χ1v) is 9.38. The molecule has 1 aromatic carbocycles. The number of nitrogens with zero attached hydrogens (tertiary/aromatic N) is 3. The van der Waals surface area contributed by atoms with Crippen LogP contribution < -0.4 is 10.1 Å². The standard InChI is InChI=1S/C21H26N4O4/c1-21(2,3)29-20(26)22-14-15-5-7-16(8-6-15)19-23-18-13-17(28-12-11-27-4)9-10-25(18)24-19/h5-10,13H,11-12,14H2,1-4H3,(H,22,26). The van der Waals surface area contributed by atoms with Gasteiger partial charge in [0, 0.05) is 31.5 Å². The normalized spacial score (nSPS) is 11.4. The maximum atomic E-state index is 11.8. The van der Waals surface area contributed by atoms with Crippen LogP contribution in [0.2, 0.25) is 0 Å². The Balaban J connectivity index is 1.64. The van der Waals surface area contributed by atoms with Crippen molar-refractivity contribution in [2.75, 3.05) is 20.3 Å². The molecule has 0 bridgehead atoms. The summed E-state index contributed by atoms with van der Waals surface area (Å²) in [5.74, 6) is 1.34. The summed E-state index contributed by atoms with van der Waals surface area (Å²) in [5.41, 5.74) is 2.02. The summed E-state index contributed by atoms with van der Waals surface area (Å²) in [4.78, 5) is 16.3. The van der Waals surface area contributed by atoms with E-state index in [1.165, 1.54) is 0 Å². The fourth-order valence-corrected chi connectivity index (χ4v) is 2.58. The molecule has 2 heterocycles. The van der Waals surface area contributed by atoms with Crippen molar-refractivity contribution in [1.82, 2.24) is 19.9 Å². The van der Waals surface area contributed by atoms with Crippen LogP contribution in [-0.2, 0) is 16.0 Å². The average Bonchev–Trinajstić information content (AvgIpc) is 3.09. The monoisotopic (exact) mass is 398 g/mol. The highest BCUT2D eigenvalue weighted by atomic mass is 16.6. The minimum Gasteiger partial charge on any atom is -0.491 e. The molecule has 8 heteroatoms. The van der Waals surface area contributed by atoms with Crippen molar-refractivity contribution in [2.45, 2.75) is 32.9 Å². The predicted octanol–water partition coefficient (Wildman–Crippen LogP) is 3.45. The number of ether oxygens (including phenoxy) is 3. The molecule has 0 atom stereocenters. The highest BCUT2D eigenvalue weighted by Crippen LogP contribution is 2.20. The minimum atomic E-state index is -0.516. The van der Waals surface area contributed by atoms with Gasteiger partial charge in [0.25, 0.3) is 0 Å². The lowest BCUT2D eigenvalue weighted by molar-refractivity contribution is 0.0523. The number of benzene rings is 1. The zero-order valence-electron chi connectivity index (χ0n) is 17.1. The van der Waals surface area contributed by atoms with Gasteiger partial charge in [-0.1, -0.05) is 24.3 Å². The highest BCUT2D eigenvalue weighted by molar-refractivity contribution is 5.67. The number of aromatic nitrogens is 3. The number of carbonyl (C=O) groups is 1. The number of carbonyl (C=O) groups excluding carboxylic acids is 1. The number of amides is 1. The summed E-state index contributed by atoms with van der Waals surface area (Å²) >= 11 is 0. The third-order valence-corrected chi connectivity index (χ3v) is 3.91. The lowest BCUT2D eigenvalue weighted by Gasteiger charge is -2.19. The number of methoxy groups -OCH3 is 1. The lowest BCUT2D eigenvalue weighted by atomic mass is 10.1. The van der Waals surface area contributed by atoms with Crippen molar-refractivity contribution in [1.29, 1.82) is 0 Å². The summed E-state index contributed by atoms with van der Waals surface area (Å²) in [5, 5.41) is 7.24. The van der Waals surface area contributed by atoms with Crippen LogP contribution in [0.5, 0.6) is 5.75 Å². The van der Waals surface area contributed by atoms with E-state index >= 15 is 0 Å². The number of hydrogen-bond acceptors (Lipinski definition) is 6. The fraction of sp³-hybridized carbons (Fsp3) is 0.381. The third-order valence-electron chi connectivity index (χ3n) is 3.91. The summed E-state index contributed by atoms with van der Waals surface area (Å²) < 4.78 is 17.5. The van der Waals surface area contributed by atoms with Crippen LogP contribution in [0.1, 0.15) is 26.3 Å². The quantitative estimate of drug-likeness (QED) is 0.614. The van der Waals surface area contributed by atoms with Crippen LogP contribution in [0, 0.1) is 0 Å². The molecule has 8 nitrogen and oxygen atoms in total. The van der Waals surface area contributed by atoms with Gasteiger partial charge in [0.1, 0.15) is 18.0 Å². The Bertz CT molecular complexity index is 961. The van der Waals surface area contributed by atoms with Crippen molar-refractivity contribution in [3.05, 3.63) is 48.2 Å². The van der Waals surface area contributed by atoms with Crippen LogP contribution in [0.3, 0.4) is 0 Å². The Labute approximate surface area is 169 Å². The van der Waals surface area contributed by atoms with E-state index in [-0.39, 0.29) is 0 Å². The van der Waals surface area contributed by atoms with Crippen LogP contribution in [0.25, 0.3) is 17.0 Å². The molecule has 0 aliphatic carbocycles. The molecule has 0 radical (unpaired) electrons. The summed E-state index contributed by atoms with van der Waals surface area (Å²) in [6.45, 7) is 6.88. The molecule has 0 spiro atoms. The fourth-order valence-electron chi connectivity index (χ4n) is 2.58. The van der Waals surface area contributed by atoms with Crippen molar-refractivity contribution in [2.24, 2.45) is 0 Å². The SMILES string of the molecule is COCCOc1ccn2nc(-c3ccc(CNC(=O)OC(C)(C)C)cc3)nc2c1. The number of fused-ring (bicyclic) bond motifs is 1. The molecule has 2 aromatic heterocycles. The van der Waals surface area contributed by atoms with Gasteiger partial charge in [-0.3, -0.25) is 0 Å². The number of nitrogens with one attached hydrogen (secondary N) is 1. The van der Waals surface area contributed by atoms with Gasteiger partial charge in [-0.15, -0.1) is 5.10 Å². The first-order chi connectivity index (χ1) is 13.8. The van der Waals surface area contributed by atoms with E-state index in [0.29, 0.717) is 31.2 Å². The van der Waals surface area contributed by atoms with Crippen LogP contribution in [0.15, 0.2) is 42.6 Å². The summed E-state index contributed by atoms with van der Waals surface area (Å²) in [6.07, 6.45) is 1.37. The molecule has 1 amide bonds. The van der Waals surface area contributed by atoms with Crippen LogP contribution in [0.4, 0.5) is 4.79 Å². The van der Waals surface area contributed by atoms with E-state index in [1.54, 1.807) is 11.6 Å². The Morgan fingerprint density at radius 1 is 1.14 bits per heavy atom. The van der Waals surface area contributed by atoms with Gasteiger partial charge in [0.15, 0.2) is 11.5 Å². The average molecular weight is 398 g/mol. The number of hydrogen-bond donors (Lipinski definition) is 1. The van der Waals surface area contributed by atoms with Crippen molar-refractivity contribution >= 4 is 11.7 Å². The van der Waals surface area contributed by atoms with Crippen LogP contribution >= 0.6 is 0 Å². The summed E-state index contributed by atoms with van der Waals surface area (Å²) in [7, 11) is 1.64. The summed E-state index contributed by atoms with van der Waals surface area (Å²) in [6, 6.07) is 11.4. The molecular formula is C21H26N4O4. The van der Waals surface area contributed by atoms with Crippen molar-refractivity contribution in [3.63, 3.8) is 0 Å². The first kappa shape index (κ1) is 20.6. The minimum absolute atomic E-state index is 0.385. The molecule has 29 heavy (non-hydrogen) atoms. The maximum Gasteiger partial charge on any atom is 0.407 e. The van der Waals surface area contributed by atoms with Gasteiger partial charge in [-0.2, -0.15) is 0 Å². The van der Waals surface area contributed by atoms with Crippen LogP contribution in [-0.4, -0.2) is 46.6 Å². The van der Waals surface area contributed by atoms with Crippen molar-refractivity contribution in [3.8, 4) is 17.1 Å². The predicted molar refractivity (Wildman–Crippen MR) is 109 cm³/mol. The molecule has 3 rings (SSSR count). The first-order valence-electron chi connectivity index (χ1n) is 9.38. The lowest BCUT2D eigenvalue weighted by Crippen LogP contribution is -2.32. The Morgan fingerprint density at radius 3 is 2.59 bits per heavy atom. The second-order valence-electron chi connectivity index (χ2n) is 7.49. The molecular weight excluding hydrogens is 372 g/mol. The molecule has 0 saturated heterocycles. The van der Waals surface area contributed by atoms with Gasteiger partial charge in [0.05, 0.1) is 6.61 Å². The van der Waals surface area contributed by atoms with Gasteiger partial charge >= 0.3 is 6.09 Å². The van der Waals surface area contributed by atoms with Gasteiger partial charge in [-0.25, -0.2) is 14.3 Å². The van der Waals surface area contributed by atoms with Gasteiger partial charge in [-0.05, 0) is 32.4 Å². The smallest absolute Gasteiger partial charge is 0.407 e. The molecule has 1 N–H and O–H groups in total. The van der Waals surface area contributed by atoms with E-state index in [2.05, 4.69) is 15.4 Å². The second kappa shape index (κ2) is 8.91. The molecule has 0 saturated carbocycles. The number of pyridine rings is 1. The van der Waals surface area contributed by atoms with E-state index in [0.717, 1.165) is 16.9 Å². The Kier molecular flexibility index (Phi) is 6.33. The molecule has 0 aliphatic rings. The molecule has 0 unspecified atom stereocenters. The maximum absolute atomic E-state index is 11.8. The van der Waals surface area contributed by atoms with Gasteiger partial charge < -0.3 is 19.5 Å². The van der Waals surface area contributed by atoms with E-state index in [9.17, 15) is 4.79 Å². The molecule has 0 fully saturated rings. The molecule has 154 valence electrons. The largest absolute Gasteiger partial charge is 0.491 e. The molecule has 0 aliphatic heterocycles. The molecule has 3 aromatic rings. The highest BCUT2D eigenvalue weighted by Gasteiger charge is 2.15. The second-order valence-corrected chi connectivity index (χ2v) is 7.49. The Hall–Kier alpha value is -3.13. The van der Waals surface area contributed by atoms with Gasteiger partial charge in [0.2, 0.25) is 0 Å². The third kappa shape index (κ3) is 5.92. The topological polar surface area (TPSA) is 87.0 Å². The van der Waals surface area contributed by atoms with E-state index in [1.807, 2.05) is 63.4 Å². The van der Waals surface area contributed by atoms with E-state index in [4.69, 9.17) is 14.2 Å². The van der Waals surface area contributed by atoms with Crippen molar-refractivity contribution < 1.29 is 19.0 Å².